The Morgan fingerprint density at radius 3 is 2.62 bits per heavy atom. The van der Waals surface area contributed by atoms with Crippen molar-refractivity contribution in [2.24, 2.45) is 0 Å². The van der Waals surface area contributed by atoms with Gasteiger partial charge in [-0.05, 0) is 42.7 Å². The number of aromatic nitrogens is 2. The van der Waals surface area contributed by atoms with Gasteiger partial charge in [-0.1, -0.05) is 42.5 Å². The van der Waals surface area contributed by atoms with E-state index in [2.05, 4.69) is 54.0 Å². The molecule has 2 aromatic carbocycles. The van der Waals surface area contributed by atoms with Crippen molar-refractivity contribution in [2.75, 3.05) is 6.54 Å². The van der Waals surface area contributed by atoms with Crippen molar-refractivity contribution in [1.29, 1.82) is 0 Å². The van der Waals surface area contributed by atoms with Crippen molar-refractivity contribution in [3.8, 4) is 0 Å². The molecule has 4 rings (SSSR count). The summed E-state index contributed by atoms with van der Waals surface area (Å²) in [5.74, 6) is 1.24. The van der Waals surface area contributed by atoms with Gasteiger partial charge in [0.15, 0.2) is 0 Å². The maximum Gasteiger partial charge on any atom is 0.222 e. The fourth-order valence-electron chi connectivity index (χ4n) is 3.55. The van der Waals surface area contributed by atoms with Crippen LogP contribution in [0, 0.1) is 0 Å². The largest absolute Gasteiger partial charge is 0.338 e. The van der Waals surface area contributed by atoms with Crippen LogP contribution in [0.1, 0.15) is 36.7 Å². The van der Waals surface area contributed by atoms with Gasteiger partial charge in [-0.3, -0.25) is 4.79 Å². The number of benzene rings is 2. The van der Waals surface area contributed by atoms with E-state index < -0.39 is 0 Å². The zero-order valence-electron chi connectivity index (χ0n) is 15.1. The fourth-order valence-corrected chi connectivity index (χ4v) is 3.55. The molecule has 4 nitrogen and oxygen atoms in total. The Kier molecular flexibility index (Phi) is 4.57. The van der Waals surface area contributed by atoms with Gasteiger partial charge < -0.3 is 9.47 Å². The first-order valence-electron chi connectivity index (χ1n) is 9.24. The van der Waals surface area contributed by atoms with E-state index in [9.17, 15) is 4.79 Å². The van der Waals surface area contributed by atoms with Gasteiger partial charge in [-0.2, -0.15) is 0 Å². The van der Waals surface area contributed by atoms with Gasteiger partial charge in [0.1, 0.15) is 5.82 Å². The predicted octanol–water partition coefficient (Wildman–Crippen LogP) is 4.35. The number of hydrogen-bond donors (Lipinski definition) is 0. The Hall–Kier alpha value is -2.88. The fraction of sp³-hybridized carbons (Fsp3) is 0.273. The summed E-state index contributed by atoms with van der Waals surface area (Å²) < 4.78 is 2.22. The lowest BCUT2D eigenvalue weighted by atomic mass is 10.1. The molecule has 0 bridgehead atoms. The van der Waals surface area contributed by atoms with Crippen LogP contribution >= 0.6 is 0 Å². The van der Waals surface area contributed by atoms with Crippen LogP contribution in [-0.4, -0.2) is 26.9 Å². The molecule has 3 aromatic rings. The van der Waals surface area contributed by atoms with E-state index in [1.165, 1.54) is 11.1 Å². The van der Waals surface area contributed by atoms with Gasteiger partial charge in [0.2, 0.25) is 5.91 Å². The molecule has 4 heteroatoms. The van der Waals surface area contributed by atoms with E-state index in [1.807, 2.05) is 23.1 Å². The molecule has 132 valence electrons. The number of rotatable bonds is 5. The van der Waals surface area contributed by atoms with Crippen LogP contribution in [0.3, 0.4) is 0 Å². The highest BCUT2D eigenvalue weighted by atomic mass is 16.2. The molecule has 0 spiro atoms. The van der Waals surface area contributed by atoms with Crippen LogP contribution in [0.5, 0.6) is 0 Å². The molecule has 1 fully saturated rings. The number of carbonyl (C=O) groups excluding carboxylic acids is 1. The van der Waals surface area contributed by atoms with E-state index in [1.54, 1.807) is 0 Å². The third kappa shape index (κ3) is 3.27. The highest BCUT2D eigenvalue weighted by Gasteiger charge is 2.19. The molecular formula is C22H23N3O. The molecular weight excluding hydrogens is 322 g/mol. The summed E-state index contributed by atoms with van der Waals surface area (Å²) in [6.07, 6.45) is 5.85. The standard InChI is InChI=1S/C22H23N3O/c1-2-25-20-7-4-3-6-19(20)23-21(25)14-13-17-9-11-18(12-10-17)16-24-15-5-8-22(24)26/h3-4,6-7,9-14H,2,5,8,15-16H2,1H3/b14-13+. The molecule has 0 N–H and O–H groups in total. The molecule has 1 saturated heterocycles. The van der Waals surface area contributed by atoms with E-state index in [4.69, 9.17) is 4.98 Å². The SMILES string of the molecule is CCn1c(/C=C/c2ccc(CN3CCCC3=O)cc2)nc2ccccc21. The van der Waals surface area contributed by atoms with Crippen molar-refractivity contribution >= 4 is 29.1 Å². The molecule has 26 heavy (non-hydrogen) atoms. The van der Waals surface area contributed by atoms with Crippen LogP contribution in [0.15, 0.2) is 48.5 Å². The molecule has 0 radical (unpaired) electrons. The molecule has 1 aromatic heterocycles. The molecule has 2 heterocycles. The Bertz CT molecular complexity index is 953. The number of carbonyl (C=O) groups is 1. The third-order valence-electron chi connectivity index (χ3n) is 4.95. The van der Waals surface area contributed by atoms with Crippen molar-refractivity contribution in [3.63, 3.8) is 0 Å². The summed E-state index contributed by atoms with van der Waals surface area (Å²) >= 11 is 0. The minimum absolute atomic E-state index is 0.271. The summed E-state index contributed by atoms with van der Waals surface area (Å²) in [5, 5.41) is 0. The van der Waals surface area contributed by atoms with E-state index in [-0.39, 0.29) is 5.91 Å². The molecule has 1 aliphatic rings. The summed E-state index contributed by atoms with van der Waals surface area (Å²) in [5.41, 5.74) is 4.51. The van der Waals surface area contributed by atoms with Gasteiger partial charge in [-0.15, -0.1) is 0 Å². The molecule has 1 amide bonds. The quantitative estimate of drug-likeness (QED) is 0.689. The Labute approximate surface area is 153 Å². The smallest absolute Gasteiger partial charge is 0.222 e. The number of nitrogens with zero attached hydrogens (tertiary/aromatic N) is 3. The first-order valence-corrected chi connectivity index (χ1v) is 9.24. The van der Waals surface area contributed by atoms with E-state index in [0.29, 0.717) is 13.0 Å². The van der Waals surface area contributed by atoms with Crippen molar-refractivity contribution in [2.45, 2.75) is 32.9 Å². The number of aryl methyl sites for hydroxylation is 1. The summed E-state index contributed by atoms with van der Waals surface area (Å²) in [4.78, 5) is 18.4. The van der Waals surface area contributed by atoms with Crippen LogP contribution < -0.4 is 0 Å². The molecule has 1 aliphatic heterocycles. The number of fused-ring (bicyclic) bond motifs is 1. The minimum atomic E-state index is 0.271. The molecule has 0 saturated carbocycles. The second-order valence-corrected chi connectivity index (χ2v) is 6.70. The lowest BCUT2D eigenvalue weighted by molar-refractivity contribution is -0.128. The minimum Gasteiger partial charge on any atom is -0.338 e. The first kappa shape index (κ1) is 16.6. The zero-order valence-corrected chi connectivity index (χ0v) is 15.1. The van der Waals surface area contributed by atoms with Crippen molar-refractivity contribution in [3.05, 3.63) is 65.5 Å². The van der Waals surface area contributed by atoms with E-state index >= 15 is 0 Å². The van der Waals surface area contributed by atoms with Gasteiger partial charge >= 0.3 is 0 Å². The van der Waals surface area contributed by atoms with Crippen LogP contribution in [0.2, 0.25) is 0 Å². The second-order valence-electron chi connectivity index (χ2n) is 6.70. The van der Waals surface area contributed by atoms with Crippen molar-refractivity contribution < 1.29 is 4.79 Å². The number of para-hydroxylation sites is 2. The van der Waals surface area contributed by atoms with Crippen LogP contribution in [0.4, 0.5) is 0 Å². The highest BCUT2D eigenvalue weighted by Crippen LogP contribution is 2.19. The van der Waals surface area contributed by atoms with Crippen LogP contribution in [0.25, 0.3) is 23.2 Å². The van der Waals surface area contributed by atoms with Gasteiger partial charge in [0.25, 0.3) is 0 Å². The highest BCUT2D eigenvalue weighted by molar-refractivity contribution is 5.80. The Morgan fingerprint density at radius 1 is 1.08 bits per heavy atom. The van der Waals surface area contributed by atoms with Gasteiger partial charge in [0, 0.05) is 26.1 Å². The number of hydrogen-bond acceptors (Lipinski definition) is 2. The van der Waals surface area contributed by atoms with Crippen LogP contribution in [-0.2, 0) is 17.9 Å². The number of likely N-dealkylation sites (tertiary alicyclic amines) is 1. The third-order valence-corrected chi connectivity index (χ3v) is 4.95. The average Bonchev–Trinajstić information content (AvgIpc) is 3.24. The number of amides is 1. The van der Waals surface area contributed by atoms with Crippen molar-refractivity contribution in [1.82, 2.24) is 14.5 Å². The van der Waals surface area contributed by atoms with Gasteiger partial charge in [-0.25, -0.2) is 4.98 Å². The molecule has 0 aliphatic carbocycles. The van der Waals surface area contributed by atoms with Gasteiger partial charge in [0.05, 0.1) is 11.0 Å². The maximum absolute atomic E-state index is 11.7. The Morgan fingerprint density at radius 2 is 1.88 bits per heavy atom. The molecule has 0 atom stereocenters. The Balaban J connectivity index is 1.51. The first-order chi connectivity index (χ1) is 12.7. The average molecular weight is 345 g/mol. The lowest BCUT2D eigenvalue weighted by Crippen LogP contribution is -2.23. The van der Waals surface area contributed by atoms with E-state index in [0.717, 1.165) is 36.4 Å². The monoisotopic (exact) mass is 345 g/mol. The number of imidazole rings is 1. The summed E-state index contributed by atoms with van der Waals surface area (Å²) in [6.45, 7) is 4.63. The summed E-state index contributed by atoms with van der Waals surface area (Å²) in [7, 11) is 0. The topological polar surface area (TPSA) is 38.1 Å². The zero-order chi connectivity index (χ0) is 17.9. The normalized spacial score (nSPS) is 14.8. The maximum atomic E-state index is 11.7. The second kappa shape index (κ2) is 7.16. The predicted molar refractivity (Wildman–Crippen MR) is 105 cm³/mol. The molecule has 0 unspecified atom stereocenters. The summed E-state index contributed by atoms with van der Waals surface area (Å²) in [6, 6.07) is 16.6. The lowest BCUT2D eigenvalue weighted by Gasteiger charge is -2.15.